The molecule has 0 heterocycles. The molecule has 0 saturated carbocycles. The first-order valence-electron chi connectivity index (χ1n) is 4.08. The Kier molecular flexibility index (Phi) is 5.41. The van der Waals surface area contributed by atoms with Crippen molar-refractivity contribution in [2.75, 3.05) is 33.9 Å². The van der Waals surface area contributed by atoms with Crippen molar-refractivity contribution >= 4 is 0 Å². The van der Waals surface area contributed by atoms with Gasteiger partial charge < -0.3 is 19.8 Å². The van der Waals surface area contributed by atoms with E-state index in [4.69, 9.17) is 14.9 Å². The first-order valence-corrected chi connectivity index (χ1v) is 4.08. The van der Waals surface area contributed by atoms with E-state index in [-0.39, 0.29) is 0 Å². The number of aliphatic hydroxyl groups is 2. The molecular weight excluding hydrogens is 158 g/mol. The molecule has 0 aliphatic carbocycles. The maximum atomic E-state index is 8.99. The zero-order valence-corrected chi connectivity index (χ0v) is 8.08. The van der Waals surface area contributed by atoms with Gasteiger partial charge in [0, 0.05) is 26.6 Å². The number of ether oxygens (including phenoxy) is 1. The van der Waals surface area contributed by atoms with Crippen LogP contribution in [0.4, 0.5) is 0 Å². The monoisotopic (exact) mass is 177 g/mol. The van der Waals surface area contributed by atoms with Crippen molar-refractivity contribution in [1.82, 2.24) is 4.90 Å². The van der Waals surface area contributed by atoms with Crippen molar-refractivity contribution in [3.8, 4) is 0 Å². The van der Waals surface area contributed by atoms with Crippen molar-refractivity contribution in [1.29, 1.82) is 0 Å². The molecule has 0 aliphatic rings. The zero-order valence-electron chi connectivity index (χ0n) is 8.08. The number of methoxy groups -OCH3 is 1. The fraction of sp³-hybridized carbons (Fsp3) is 1.00. The van der Waals surface area contributed by atoms with Crippen molar-refractivity contribution in [2.45, 2.75) is 19.1 Å². The third-order valence-corrected chi connectivity index (χ3v) is 1.64. The maximum absolute atomic E-state index is 8.99. The van der Waals surface area contributed by atoms with Crippen LogP contribution in [-0.4, -0.2) is 54.8 Å². The van der Waals surface area contributed by atoms with Gasteiger partial charge in [-0.1, -0.05) is 0 Å². The van der Waals surface area contributed by atoms with Crippen molar-refractivity contribution in [3.63, 3.8) is 0 Å². The molecule has 0 atom stereocenters. The minimum absolute atomic E-state index is 0.354. The van der Waals surface area contributed by atoms with E-state index in [1.807, 2.05) is 11.9 Å². The molecule has 0 rings (SSSR count). The van der Waals surface area contributed by atoms with E-state index in [1.165, 1.54) is 6.92 Å². The number of likely N-dealkylation sites (N-methyl/N-ethyl adjacent to an activating group) is 1. The first-order chi connectivity index (χ1) is 5.45. The maximum Gasteiger partial charge on any atom is 0.160 e. The van der Waals surface area contributed by atoms with Crippen molar-refractivity contribution in [3.05, 3.63) is 0 Å². The summed E-state index contributed by atoms with van der Waals surface area (Å²) in [4.78, 5) is 1.99. The Morgan fingerprint density at radius 3 is 2.33 bits per heavy atom. The van der Waals surface area contributed by atoms with Crippen LogP contribution < -0.4 is 0 Å². The molecule has 0 amide bonds. The van der Waals surface area contributed by atoms with E-state index in [0.29, 0.717) is 19.6 Å². The summed E-state index contributed by atoms with van der Waals surface area (Å²) in [6.45, 7) is 3.53. The fourth-order valence-electron chi connectivity index (χ4n) is 0.762. The molecule has 4 heteroatoms. The Morgan fingerprint density at radius 2 is 1.92 bits per heavy atom. The van der Waals surface area contributed by atoms with Gasteiger partial charge in [-0.15, -0.1) is 0 Å². The van der Waals surface area contributed by atoms with Gasteiger partial charge in [-0.3, -0.25) is 0 Å². The lowest BCUT2D eigenvalue weighted by molar-refractivity contribution is -0.151. The van der Waals surface area contributed by atoms with Crippen LogP contribution >= 0.6 is 0 Å². The molecule has 12 heavy (non-hydrogen) atoms. The number of hydrogen-bond donors (Lipinski definition) is 2. The van der Waals surface area contributed by atoms with Crippen LogP contribution in [0, 0.1) is 0 Å². The van der Waals surface area contributed by atoms with Crippen molar-refractivity contribution in [2.24, 2.45) is 0 Å². The fourth-order valence-corrected chi connectivity index (χ4v) is 0.762. The third kappa shape index (κ3) is 7.94. The molecule has 2 N–H and O–H groups in total. The number of rotatable bonds is 6. The Bertz CT molecular complexity index is 111. The SMILES string of the molecule is COCCN(C)CCC(C)(O)O. The van der Waals surface area contributed by atoms with Crippen LogP contribution in [0.25, 0.3) is 0 Å². The Labute approximate surface area is 73.8 Å². The van der Waals surface area contributed by atoms with Gasteiger partial charge in [-0.25, -0.2) is 0 Å². The van der Waals surface area contributed by atoms with Crippen LogP contribution in [0.2, 0.25) is 0 Å². The summed E-state index contributed by atoms with van der Waals surface area (Å²) in [6, 6.07) is 0. The summed E-state index contributed by atoms with van der Waals surface area (Å²) in [5, 5.41) is 18.0. The summed E-state index contributed by atoms with van der Waals surface area (Å²) >= 11 is 0. The quantitative estimate of drug-likeness (QED) is 0.545. The van der Waals surface area contributed by atoms with Crippen LogP contribution in [-0.2, 0) is 4.74 Å². The minimum Gasteiger partial charge on any atom is -0.383 e. The molecule has 0 aromatic carbocycles. The lowest BCUT2D eigenvalue weighted by atomic mass is 10.2. The molecule has 4 nitrogen and oxygen atoms in total. The smallest absolute Gasteiger partial charge is 0.160 e. The highest BCUT2D eigenvalue weighted by Gasteiger charge is 2.14. The summed E-state index contributed by atoms with van der Waals surface area (Å²) in [6.07, 6.45) is 0.354. The average molecular weight is 177 g/mol. The molecule has 0 aromatic rings. The van der Waals surface area contributed by atoms with Gasteiger partial charge in [0.25, 0.3) is 0 Å². The second kappa shape index (κ2) is 5.48. The summed E-state index contributed by atoms with van der Waals surface area (Å²) in [5.74, 6) is -1.55. The highest BCUT2D eigenvalue weighted by Crippen LogP contribution is 2.03. The summed E-state index contributed by atoms with van der Waals surface area (Å²) in [5.41, 5.74) is 0. The number of hydrogen-bond acceptors (Lipinski definition) is 4. The van der Waals surface area contributed by atoms with Gasteiger partial charge in [-0.2, -0.15) is 0 Å². The topological polar surface area (TPSA) is 52.9 Å². The van der Waals surface area contributed by atoms with Crippen molar-refractivity contribution < 1.29 is 14.9 Å². The Morgan fingerprint density at radius 1 is 1.33 bits per heavy atom. The van der Waals surface area contributed by atoms with Gasteiger partial charge >= 0.3 is 0 Å². The molecule has 0 aliphatic heterocycles. The van der Waals surface area contributed by atoms with Gasteiger partial charge in [0.2, 0.25) is 0 Å². The first kappa shape index (κ1) is 11.8. The average Bonchev–Trinajstić information content (AvgIpc) is 1.95. The molecule has 0 radical (unpaired) electrons. The largest absolute Gasteiger partial charge is 0.383 e. The van der Waals surface area contributed by atoms with E-state index in [0.717, 1.165) is 6.54 Å². The lowest BCUT2D eigenvalue weighted by Crippen LogP contribution is -2.32. The predicted octanol–water partition coefficient (Wildman–Crippen LogP) is -0.344. The second-order valence-electron chi connectivity index (χ2n) is 3.26. The van der Waals surface area contributed by atoms with Gasteiger partial charge in [-0.05, 0) is 14.0 Å². The summed E-state index contributed by atoms with van der Waals surface area (Å²) < 4.78 is 4.88. The number of nitrogens with zero attached hydrogens (tertiary/aromatic N) is 1. The molecule has 0 spiro atoms. The van der Waals surface area contributed by atoms with Gasteiger partial charge in [0.15, 0.2) is 5.79 Å². The minimum atomic E-state index is -1.55. The van der Waals surface area contributed by atoms with E-state index in [9.17, 15) is 0 Å². The second-order valence-corrected chi connectivity index (χ2v) is 3.26. The van der Waals surface area contributed by atoms with Crippen LogP contribution in [0.3, 0.4) is 0 Å². The highest BCUT2D eigenvalue weighted by atomic mass is 16.5. The third-order valence-electron chi connectivity index (χ3n) is 1.64. The zero-order chi connectivity index (χ0) is 9.61. The Balaban J connectivity index is 3.37. The van der Waals surface area contributed by atoms with Crippen LogP contribution in [0.15, 0.2) is 0 Å². The lowest BCUT2D eigenvalue weighted by Gasteiger charge is -2.21. The standard InChI is InChI=1S/C8H19NO3/c1-8(10,11)4-5-9(2)6-7-12-3/h10-11H,4-7H2,1-3H3. The van der Waals surface area contributed by atoms with E-state index >= 15 is 0 Å². The highest BCUT2D eigenvalue weighted by molar-refractivity contribution is 4.60. The molecule has 74 valence electrons. The van der Waals surface area contributed by atoms with E-state index < -0.39 is 5.79 Å². The van der Waals surface area contributed by atoms with Gasteiger partial charge in [0.05, 0.1) is 6.61 Å². The Hall–Kier alpha value is -0.160. The van der Waals surface area contributed by atoms with Gasteiger partial charge in [0.1, 0.15) is 0 Å². The van der Waals surface area contributed by atoms with Crippen LogP contribution in [0.5, 0.6) is 0 Å². The molecular formula is C8H19NO3. The predicted molar refractivity (Wildman–Crippen MR) is 46.8 cm³/mol. The van der Waals surface area contributed by atoms with E-state index in [1.54, 1.807) is 7.11 Å². The van der Waals surface area contributed by atoms with Crippen LogP contribution in [0.1, 0.15) is 13.3 Å². The molecule has 0 unspecified atom stereocenters. The summed E-state index contributed by atoms with van der Waals surface area (Å²) in [7, 11) is 3.57. The normalized spacial score (nSPS) is 12.5. The molecule has 0 bridgehead atoms. The molecule has 0 aromatic heterocycles. The van der Waals surface area contributed by atoms with E-state index in [2.05, 4.69) is 0 Å². The molecule has 0 fully saturated rings. The molecule has 0 saturated heterocycles.